The van der Waals surface area contributed by atoms with E-state index in [2.05, 4.69) is 63.5 Å². The molecule has 6 aliphatic rings. The summed E-state index contributed by atoms with van der Waals surface area (Å²) in [6.45, 7) is 28.8. The van der Waals surface area contributed by atoms with E-state index in [1.54, 1.807) is 0 Å². The van der Waals surface area contributed by atoms with E-state index in [0.717, 1.165) is 11.1 Å². The summed E-state index contributed by atoms with van der Waals surface area (Å²) in [4.78, 5) is 0. The zero-order valence-corrected chi connectivity index (χ0v) is 76.4. The first-order chi connectivity index (χ1) is 48.4. The van der Waals surface area contributed by atoms with Crippen molar-refractivity contribution in [3.05, 3.63) is 254 Å². The molecule has 36 heteroatoms. The molecule has 6 aliphatic heterocycles. The molecule has 0 aliphatic carbocycles. The Morgan fingerprint density at radius 1 is 0.382 bits per heavy atom. The van der Waals surface area contributed by atoms with Gasteiger partial charge in [0.05, 0.1) is 0 Å². The SMILES string of the molecule is C[SiH](O[Si](C)(C)C)O[Si](C)(C)O[Si]1(C)O[Si]2(c3ccccc3)O[SiH](Cc3ccccc3)OC34O[Si](c5ccccc5)(O1)O[Si]3(c1ccccc1)O[Si]1(c3ccccc3)O[Si](C)(O[Si](C)(C)O[SiH](C)O[Si](C)(C)C)O[Si]3(c5ccccc5)OC(O[Si]4(Cc4ccccc4)O1)[Si](c1ccccc1)(O3)O2. The molecule has 0 N–H and O–H groups in total. The maximum atomic E-state index is 8.85. The molecule has 0 amide bonds. The Bertz CT molecular complexity index is 4160. The second-order valence-electron chi connectivity index (χ2n) is 29.2. The summed E-state index contributed by atoms with van der Waals surface area (Å²) in [5.74, 6) is -1.60. The highest BCUT2D eigenvalue weighted by molar-refractivity contribution is 7.14. The quantitative estimate of drug-likeness (QED) is 0.0590. The van der Waals surface area contributed by atoms with Crippen LogP contribution in [0, 0.1) is 0 Å². The van der Waals surface area contributed by atoms with Crippen LogP contribution in [-0.2, 0) is 95.6 Å². The average Bonchev–Trinajstić information content (AvgIpc) is 1.43. The smallest absolute Gasteiger partial charge is 0.439 e. The molecule has 14 unspecified atom stereocenters. The molecule has 6 saturated heterocycles. The van der Waals surface area contributed by atoms with Gasteiger partial charge in [0, 0.05) is 45.9 Å². The number of fused-ring (bicyclic) bond motifs is 6. The molecule has 14 rings (SSSR count). The summed E-state index contributed by atoms with van der Waals surface area (Å²) in [6, 6.07) is 79.3. The zero-order valence-electron chi connectivity index (χ0n) is 60.0. The molecule has 0 radical (unpaired) electrons. The second-order valence-corrected chi connectivity index (χ2v) is 79.5. The molecule has 8 aromatic rings. The summed E-state index contributed by atoms with van der Waals surface area (Å²) in [7, 11) is -65.3. The highest BCUT2D eigenvalue weighted by Crippen LogP contribution is 2.58. The van der Waals surface area contributed by atoms with Crippen molar-refractivity contribution in [2.24, 2.45) is 0 Å². The van der Waals surface area contributed by atoms with Crippen LogP contribution in [0.2, 0.25) is 91.7 Å². The molecular formula is C66H90O20Si16. The molecule has 538 valence electrons. The predicted octanol–water partition coefficient (Wildman–Crippen LogP) is 8.26. The molecule has 102 heavy (non-hydrogen) atoms. The van der Waals surface area contributed by atoms with Crippen LogP contribution < -0.4 is 31.1 Å². The van der Waals surface area contributed by atoms with Gasteiger partial charge in [-0.25, -0.2) is 0 Å². The standard InChI is InChI=1S/C66H90O20Si16/c1-87(71-90(3,4)5)73-92(9,10)76-94(13)78-99(61-47-31-19-32-48-61)68-65-67-96(56-58-41-25-16-26-42-58)66-69-89(55-57-39-23-15-24-40-57)75-101(63-51-35-21-36-52-63,84-97(65,83-99)59-43-27-17-28-44-59)80-95(14,77-93(11,12)74-88(2)72-91(6,7)8)79-100(70-66,62-49-33-20-34-50-62)85-98(66,60-45-29-18-30-46-60)86-102(81-94,82-96)64-53-37-22-38-54-64/h15-54,65,87-89H,55-56H2,1-14H3. The van der Waals surface area contributed by atoms with Crippen molar-refractivity contribution < 1.29 is 83.5 Å². The van der Waals surface area contributed by atoms with Gasteiger partial charge in [-0.05, 0) is 100 Å². The predicted molar refractivity (Wildman–Crippen MR) is 423 cm³/mol. The molecule has 6 fully saturated rings. The van der Waals surface area contributed by atoms with Gasteiger partial charge in [-0.2, -0.15) is 0 Å². The van der Waals surface area contributed by atoms with Crippen molar-refractivity contribution in [3.63, 3.8) is 0 Å². The third-order valence-electron chi connectivity index (χ3n) is 17.5. The van der Waals surface area contributed by atoms with E-state index in [-0.39, 0.29) is 12.1 Å². The molecule has 0 saturated carbocycles. The van der Waals surface area contributed by atoms with Gasteiger partial charge >= 0.3 is 105 Å². The molecule has 7 bridgehead atoms. The van der Waals surface area contributed by atoms with E-state index < -0.39 is 151 Å². The average molecular weight is 1650 g/mol. The Morgan fingerprint density at radius 3 is 1.22 bits per heavy atom. The molecule has 6 heterocycles. The van der Waals surface area contributed by atoms with E-state index in [9.17, 15) is 0 Å². The molecule has 0 aromatic heterocycles. The summed E-state index contributed by atoms with van der Waals surface area (Å²) in [6.07, 6.45) is 0. The van der Waals surface area contributed by atoms with Crippen molar-refractivity contribution >= 4 is 171 Å². The van der Waals surface area contributed by atoms with Crippen LogP contribution >= 0.6 is 0 Å². The van der Waals surface area contributed by atoms with Gasteiger partial charge in [-0.3, -0.25) is 0 Å². The maximum Gasteiger partial charge on any atom is 0.523 e. The number of hydrogen-bond acceptors (Lipinski definition) is 20. The van der Waals surface area contributed by atoms with Crippen molar-refractivity contribution in [2.45, 2.75) is 115 Å². The van der Waals surface area contributed by atoms with Crippen LogP contribution in [0.25, 0.3) is 0 Å². The van der Waals surface area contributed by atoms with Gasteiger partial charge in [-0.1, -0.05) is 243 Å². The molecule has 20 nitrogen and oxygen atoms in total. The first-order valence-corrected chi connectivity index (χ1v) is 70.1. The Labute approximate surface area is 618 Å². The molecule has 14 atom stereocenters. The highest BCUT2D eigenvalue weighted by atomic mass is 28.6. The van der Waals surface area contributed by atoms with Crippen LogP contribution in [-0.4, -0.2) is 151 Å². The third-order valence-corrected chi connectivity index (χ3v) is 80.9. The Balaban J connectivity index is 1.19. The Morgan fingerprint density at radius 2 is 0.745 bits per heavy atom. The Kier molecular flexibility index (Phi) is 21.0. The van der Waals surface area contributed by atoms with E-state index >= 15 is 0 Å². The van der Waals surface area contributed by atoms with Crippen molar-refractivity contribution in [2.75, 3.05) is 0 Å². The minimum absolute atomic E-state index is 0.0192. The van der Waals surface area contributed by atoms with E-state index in [4.69, 9.17) is 83.5 Å². The lowest BCUT2D eigenvalue weighted by atomic mass is 10.2. The van der Waals surface area contributed by atoms with E-state index in [1.165, 1.54) is 0 Å². The fourth-order valence-electron chi connectivity index (χ4n) is 14.4. The summed E-state index contributed by atoms with van der Waals surface area (Å²) in [5.41, 5.74) is 1.69. The largest absolute Gasteiger partial charge is 0.523 e. The van der Waals surface area contributed by atoms with E-state index in [1.807, 2.05) is 271 Å². The number of rotatable bonds is 22. The van der Waals surface area contributed by atoms with Crippen molar-refractivity contribution in [1.82, 2.24) is 0 Å². The monoisotopic (exact) mass is 1650 g/mol. The van der Waals surface area contributed by atoms with Crippen LogP contribution in [0.15, 0.2) is 243 Å². The highest BCUT2D eigenvalue weighted by Gasteiger charge is 2.94. The van der Waals surface area contributed by atoms with Crippen molar-refractivity contribution in [3.8, 4) is 0 Å². The minimum atomic E-state index is -5.23. The maximum absolute atomic E-state index is 8.85. The second kappa shape index (κ2) is 28.5. The lowest BCUT2D eigenvalue weighted by Crippen LogP contribution is -2.93. The lowest BCUT2D eigenvalue weighted by Gasteiger charge is -2.60. The first kappa shape index (κ1) is 75.3. The lowest BCUT2D eigenvalue weighted by molar-refractivity contribution is -0.0956. The van der Waals surface area contributed by atoms with Gasteiger partial charge in [0.1, 0.15) is 0 Å². The fraction of sp³-hybridized carbons (Fsp3) is 0.273. The molecular weight excluding hydrogens is 1560 g/mol. The van der Waals surface area contributed by atoms with Crippen LogP contribution in [0.3, 0.4) is 0 Å². The van der Waals surface area contributed by atoms with Gasteiger partial charge in [-0.15, -0.1) is 0 Å². The fourth-order valence-corrected chi connectivity index (χ4v) is 94.1. The summed E-state index contributed by atoms with van der Waals surface area (Å²) >= 11 is 0. The topological polar surface area (TPSA) is 185 Å². The summed E-state index contributed by atoms with van der Waals surface area (Å²) < 4.78 is 164. The van der Waals surface area contributed by atoms with Crippen LogP contribution in [0.4, 0.5) is 0 Å². The van der Waals surface area contributed by atoms with E-state index in [0.29, 0.717) is 31.1 Å². The number of benzene rings is 8. The normalized spacial score (nSPS) is 33.1. The van der Waals surface area contributed by atoms with Gasteiger partial charge in [0.2, 0.25) is 5.03 Å². The number of hydrogen-bond donors (Lipinski definition) is 0. The molecule has 8 aromatic carbocycles. The van der Waals surface area contributed by atoms with Gasteiger partial charge in [0.25, 0.3) is 18.6 Å². The Hall–Kier alpha value is -3.57. The summed E-state index contributed by atoms with van der Waals surface area (Å²) in [5, 5.41) is 1.03. The van der Waals surface area contributed by atoms with Crippen molar-refractivity contribution in [1.29, 1.82) is 0 Å². The third kappa shape index (κ3) is 15.1. The first-order valence-electron chi connectivity index (χ1n) is 34.6. The van der Waals surface area contributed by atoms with Crippen LogP contribution in [0.5, 0.6) is 0 Å². The van der Waals surface area contributed by atoms with Crippen LogP contribution in [0.1, 0.15) is 11.1 Å². The molecule has 1 spiro atoms. The minimum Gasteiger partial charge on any atom is -0.439 e. The van der Waals surface area contributed by atoms with Gasteiger partial charge < -0.3 is 83.5 Å². The zero-order chi connectivity index (χ0) is 71.8. The van der Waals surface area contributed by atoms with Gasteiger partial charge in [0.15, 0.2) is 22.5 Å².